The molecule has 0 aromatic heterocycles. The van der Waals surface area contributed by atoms with Gasteiger partial charge in [-0.15, -0.1) is 0 Å². The van der Waals surface area contributed by atoms with Gasteiger partial charge in [0.05, 0.1) is 7.11 Å². The minimum absolute atomic E-state index is 0.171. The van der Waals surface area contributed by atoms with Gasteiger partial charge in [-0.1, -0.05) is 0 Å². The molecule has 0 spiro atoms. The van der Waals surface area contributed by atoms with Crippen molar-refractivity contribution in [1.82, 2.24) is 0 Å². The van der Waals surface area contributed by atoms with Crippen LogP contribution < -0.4 is 4.74 Å². The molecule has 0 N–H and O–H groups in total. The Balaban J connectivity index is 3.08. The van der Waals surface area contributed by atoms with Crippen LogP contribution in [-0.2, 0) is 4.74 Å². The Morgan fingerprint density at radius 3 is 1.96 bits per heavy atom. The lowest BCUT2D eigenvalue weighted by Gasteiger charge is -2.27. The van der Waals surface area contributed by atoms with Crippen LogP contribution in [0.4, 0.5) is 43.9 Å². The zero-order valence-electron chi connectivity index (χ0n) is 11.8. The number of benzene rings is 1. The fourth-order valence-corrected chi connectivity index (χ4v) is 1.44. The van der Waals surface area contributed by atoms with Crippen molar-refractivity contribution in [3.63, 3.8) is 0 Å². The second kappa shape index (κ2) is 6.59. The highest BCUT2D eigenvalue weighted by Gasteiger charge is 2.73. The maximum absolute atomic E-state index is 13.7. The number of carbonyl (C=O) groups is 1. The lowest BCUT2D eigenvalue weighted by Crippen LogP contribution is -2.54. The topological polar surface area (TPSA) is 35.5 Å². The molecule has 1 rings (SSSR count). The maximum atomic E-state index is 13.7. The number of carbonyl (C=O) groups excluding carboxylic acids is 1. The van der Waals surface area contributed by atoms with E-state index < -0.39 is 59.4 Å². The molecular formula is C12H6F10O3. The summed E-state index contributed by atoms with van der Waals surface area (Å²) in [6.07, 6.45) is -6.67. The Kier molecular flexibility index (Phi) is 5.50. The predicted octanol–water partition coefficient (Wildman–Crippen LogP) is 4.10. The van der Waals surface area contributed by atoms with Gasteiger partial charge in [-0.05, 0) is 6.07 Å². The van der Waals surface area contributed by atoms with E-state index in [0.717, 1.165) is 0 Å². The van der Waals surface area contributed by atoms with Crippen molar-refractivity contribution in [3.05, 3.63) is 29.1 Å². The van der Waals surface area contributed by atoms with E-state index in [-0.39, 0.29) is 6.07 Å². The number of alkyl halides is 7. The highest BCUT2D eigenvalue weighted by molar-refractivity contribution is 5.90. The molecule has 0 saturated carbocycles. The summed E-state index contributed by atoms with van der Waals surface area (Å²) in [7, 11) is 0.647. The number of halogens is 10. The maximum Gasteiger partial charge on any atom is 0.460 e. The van der Waals surface area contributed by atoms with Crippen LogP contribution in [0.3, 0.4) is 0 Å². The molecule has 0 aliphatic carbocycles. The molecule has 3 nitrogen and oxygen atoms in total. The molecule has 0 unspecified atom stereocenters. The molecule has 1 aromatic rings. The highest BCUT2D eigenvalue weighted by atomic mass is 19.4. The normalized spacial score (nSPS) is 12.9. The second-order valence-electron chi connectivity index (χ2n) is 4.42. The molecule has 25 heavy (non-hydrogen) atoms. The van der Waals surface area contributed by atoms with E-state index in [1.165, 1.54) is 0 Å². The van der Waals surface area contributed by atoms with Crippen molar-refractivity contribution < 1.29 is 58.2 Å². The minimum Gasteiger partial charge on any atom is -0.491 e. The van der Waals surface area contributed by atoms with Gasteiger partial charge in [-0.3, -0.25) is 0 Å². The lowest BCUT2D eigenvalue weighted by atomic mass is 10.1. The second-order valence-corrected chi connectivity index (χ2v) is 4.42. The van der Waals surface area contributed by atoms with E-state index in [4.69, 9.17) is 0 Å². The summed E-state index contributed by atoms with van der Waals surface area (Å²) < 4.78 is 134. The van der Waals surface area contributed by atoms with E-state index >= 15 is 0 Å². The monoisotopic (exact) mass is 388 g/mol. The summed E-state index contributed by atoms with van der Waals surface area (Å²) in [5.74, 6) is -21.9. The van der Waals surface area contributed by atoms with Gasteiger partial charge in [-0.2, -0.15) is 35.1 Å². The number of rotatable bonds is 5. The van der Waals surface area contributed by atoms with E-state index in [1.54, 1.807) is 0 Å². The third-order valence-electron chi connectivity index (χ3n) is 2.74. The first-order valence-corrected chi connectivity index (χ1v) is 5.88. The Morgan fingerprint density at radius 2 is 1.52 bits per heavy atom. The molecule has 0 radical (unpaired) electrons. The average molecular weight is 388 g/mol. The van der Waals surface area contributed by atoms with Crippen molar-refractivity contribution in [2.45, 2.75) is 18.0 Å². The van der Waals surface area contributed by atoms with Crippen molar-refractivity contribution >= 4 is 5.97 Å². The number of hydrogen-bond donors (Lipinski definition) is 0. The third-order valence-corrected chi connectivity index (χ3v) is 2.74. The number of ether oxygens (including phenoxy) is 2. The lowest BCUT2D eigenvalue weighted by molar-refractivity contribution is -0.359. The first-order valence-electron chi connectivity index (χ1n) is 5.88. The molecule has 0 atom stereocenters. The summed E-state index contributed by atoms with van der Waals surface area (Å²) >= 11 is 0. The van der Waals surface area contributed by atoms with Gasteiger partial charge < -0.3 is 9.47 Å². The van der Waals surface area contributed by atoms with E-state index in [0.29, 0.717) is 7.11 Å². The number of hydrogen-bond acceptors (Lipinski definition) is 3. The van der Waals surface area contributed by atoms with Crippen LogP contribution in [0.5, 0.6) is 5.75 Å². The zero-order chi connectivity index (χ0) is 19.8. The van der Waals surface area contributed by atoms with Crippen LogP contribution in [-0.4, -0.2) is 37.7 Å². The molecule has 1 aromatic carbocycles. The van der Waals surface area contributed by atoms with Crippen molar-refractivity contribution in [2.24, 2.45) is 0 Å². The molecular weight excluding hydrogens is 382 g/mol. The molecule has 0 amide bonds. The van der Waals surface area contributed by atoms with E-state index in [1.807, 2.05) is 0 Å². The summed E-state index contributed by atoms with van der Waals surface area (Å²) in [6.45, 7) is -2.81. The van der Waals surface area contributed by atoms with Crippen LogP contribution in [0.25, 0.3) is 0 Å². The zero-order valence-corrected chi connectivity index (χ0v) is 11.8. The third kappa shape index (κ3) is 3.74. The van der Waals surface area contributed by atoms with Gasteiger partial charge in [-0.25, -0.2) is 13.6 Å². The van der Waals surface area contributed by atoms with Gasteiger partial charge >= 0.3 is 24.0 Å². The van der Waals surface area contributed by atoms with Crippen LogP contribution in [0.15, 0.2) is 6.07 Å². The summed E-state index contributed by atoms with van der Waals surface area (Å²) in [5.41, 5.74) is -1.55. The SMILES string of the molecule is COc1c(F)c(F)cc(C(=O)OCC(F)(F)C(F)(F)C(F)(F)F)c1F. The molecule has 13 heteroatoms. The van der Waals surface area contributed by atoms with Crippen LogP contribution in [0, 0.1) is 17.5 Å². The van der Waals surface area contributed by atoms with Crippen LogP contribution in [0.2, 0.25) is 0 Å². The fraction of sp³-hybridized carbons (Fsp3) is 0.417. The van der Waals surface area contributed by atoms with Gasteiger partial charge in [0.1, 0.15) is 5.56 Å². The summed E-state index contributed by atoms with van der Waals surface area (Å²) in [6, 6.07) is -0.171. The Hall–Kier alpha value is -2.21. The largest absolute Gasteiger partial charge is 0.491 e. The quantitative estimate of drug-likeness (QED) is 0.433. The average Bonchev–Trinajstić information content (AvgIpc) is 2.48. The molecule has 0 bridgehead atoms. The minimum atomic E-state index is -6.67. The highest BCUT2D eigenvalue weighted by Crippen LogP contribution is 2.46. The molecule has 0 fully saturated rings. The fourth-order valence-electron chi connectivity index (χ4n) is 1.44. The molecule has 0 aliphatic rings. The molecule has 0 heterocycles. The Labute approximate surface area is 132 Å². The van der Waals surface area contributed by atoms with Crippen molar-refractivity contribution in [1.29, 1.82) is 0 Å². The Bertz CT molecular complexity index is 668. The molecule has 142 valence electrons. The van der Waals surface area contributed by atoms with Crippen molar-refractivity contribution in [2.75, 3.05) is 13.7 Å². The van der Waals surface area contributed by atoms with E-state index in [9.17, 15) is 48.7 Å². The summed E-state index contributed by atoms with van der Waals surface area (Å²) in [4.78, 5) is 11.4. The van der Waals surface area contributed by atoms with Gasteiger partial charge in [0, 0.05) is 0 Å². The predicted molar refractivity (Wildman–Crippen MR) is 59.1 cm³/mol. The Morgan fingerprint density at radius 1 is 1.00 bits per heavy atom. The number of methoxy groups -OCH3 is 1. The van der Waals surface area contributed by atoms with Crippen molar-refractivity contribution in [3.8, 4) is 5.75 Å². The van der Waals surface area contributed by atoms with Crippen LogP contribution in [0.1, 0.15) is 10.4 Å². The van der Waals surface area contributed by atoms with Gasteiger partial charge in [0.2, 0.25) is 5.82 Å². The smallest absolute Gasteiger partial charge is 0.460 e. The number of esters is 1. The van der Waals surface area contributed by atoms with Crippen LogP contribution >= 0.6 is 0 Å². The molecule has 0 aliphatic heterocycles. The van der Waals surface area contributed by atoms with Gasteiger partial charge in [0.15, 0.2) is 24.0 Å². The first-order chi connectivity index (χ1) is 11.2. The van der Waals surface area contributed by atoms with Gasteiger partial charge in [0.25, 0.3) is 0 Å². The molecule has 0 saturated heterocycles. The van der Waals surface area contributed by atoms with E-state index in [2.05, 4.69) is 9.47 Å². The summed E-state index contributed by atoms with van der Waals surface area (Å²) in [5, 5.41) is 0. The first kappa shape index (κ1) is 20.8. The standard InChI is InChI=1S/C12H6F10O3/c1-24-8-6(14)4(2-5(13)7(8)15)9(23)25-3-10(16,17)11(18,19)12(20,21)22/h2H,3H2,1H3.